The zero-order chi connectivity index (χ0) is 11.5. The molecule has 0 unspecified atom stereocenters. The number of rotatable bonds is 4. The first-order valence-corrected chi connectivity index (χ1v) is 4.93. The molecule has 1 aromatic carbocycles. The Balaban J connectivity index is 2.75. The van der Waals surface area contributed by atoms with Crippen molar-refractivity contribution in [2.45, 2.75) is 20.3 Å². The normalized spacial score (nSPS) is 11.5. The third kappa shape index (κ3) is 3.13. The van der Waals surface area contributed by atoms with Crippen LogP contribution >= 0.6 is 0 Å². The first-order chi connectivity index (χ1) is 6.95. The smallest absolute Gasteiger partial charge is 0.144 e. The van der Waals surface area contributed by atoms with Crippen LogP contribution in [0.5, 0.6) is 0 Å². The Kier molecular flexibility index (Phi) is 3.58. The van der Waals surface area contributed by atoms with Gasteiger partial charge in [0.05, 0.1) is 0 Å². The van der Waals surface area contributed by atoms with E-state index in [1.165, 1.54) is 12.1 Å². The fourth-order valence-electron chi connectivity index (χ4n) is 1.19. The minimum absolute atomic E-state index is 0.0376. The van der Waals surface area contributed by atoms with Crippen LogP contribution in [0.1, 0.15) is 19.4 Å². The molecule has 0 aliphatic rings. The van der Waals surface area contributed by atoms with Gasteiger partial charge in [0, 0.05) is 18.4 Å². The fourth-order valence-corrected chi connectivity index (χ4v) is 1.19. The van der Waals surface area contributed by atoms with E-state index in [2.05, 4.69) is 0 Å². The Labute approximate surface area is 89.3 Å². The largest absolute Gasteiger partial charge is 0.329 e. The van der Waals surface area contributed by atoms with Gasteiger partial charge in [-0.1, -0.05) is 26.0 Å². The molecule has 3 heteroatoms. The highest BCUT2D eigenvalue weighted by Crippen LogP contribution is 2.17. The average Bonchev–Trinajstić information content (AvgIpc) is 2.17. The molecule has 0 saturated carbocycles. The van der Waals surface area contributed by atoms with Crippen LogP contribution in [0.25, 0.3) is 0 Å². The predicted octanol–water partition coefficient (Wildman–Crippen LogP) is 1.92. The lowest BCUT2D eigenvalue weighted by molar-refractivity contribution is -0.125. The molecule has 0 aliphatic carbocycles. The number of hydrogen-bond acceptors (Lipinski definition) is 2. The molecule has 0 radical (unpaired) electrons. The van der Waals surface area contributed by atoms with Gasteiger partial charge < -0.3 is 5.73 Å². The van der Waals surface area contributed by atoms with Gasteiger partial charge in [0.1, 0.15) is 11.6 Å². The van der Waals surface area contributed by atoms with Crippen molar-refractivity contribution in [2.75, 3.05) is 6.54 Å². The molecule has 1 aromatic rings. The molecule has 15 heavy (non-hydrogen) atoms. The molecule has 0 saturated heterocycles. The van der Waals surface area contributed by atoms with E-state index in [0.29, 0.717) is 12.1 Å². The Morgan fingerprint density at radius 1 is 1.47 bits per heavy atom. The molecule has 2 N–H and O–H groups in total. The highest BCUT2D eigenvalue weighted by molar-refractivity contribution is 5.86. The van der Waals surface area contributed by atoms with E-state index in [1.54, 1.807) is 26.0 Å². The maximum absolute atomic E-state index is 12.9. The third-order valence-electron chi connectivity index (χ3n) is 2.52. The Morgan fingerprint density at radius 2 is 2.13 bits per heavy atom. The summed E-state index contributed by atoms with van der Waals surface area (Å²) in [4.78, 5) is 11.8. The minimum atomic E-state index is -0.535. The molecule has 0 fully saturated rings. The fraction of sp³-hybridized carbons (Fsp3) is 0.417. The second-order valence-corrected chi connectivity index (χ2v) is 4.32. The summed E-state index contributed by atoms with van der Waals surface area (Å²) in [6, 6.07) is 6.09. The summed E-state index contributed by atoms with van der Waals surface area (Å²) in [7, 11) is 0. The van der Waals surface area contributed by atoms with Gasteiger partial charge in [0.15, 0.2) is 0 Å². The SMILES string of the molecule is CC(C)(CN)C(=O)Cc1cccc(F)c1. The van der Waals surface area contributed by atoms with Gasteiger partial charge in [-0.2, -0.15) is 0 Å². The lowest BCUT2D eigenvalue weighted by Gasteiger charge is -2.20. The molecule has 0 aromatic heterocycles. The van der Waals surface area contributed by atoms with Crippen molar-refractivity contribution in [3.63, 3.8) is 0 Å². The summed E-state index contributed by atoms with van der Waals surface area (Å²) >= 11 is 0. The molecule has 1 rings (SSSR count). The van der Waals surface area contributed by atoms with Crippen molar-refractivity contribution in [2.24, 2.45) is 11.1 Å². The third-order valence-corrected chi connectivity index (χ3v) is 2.52. The van der Waals surface area contributed by atoms with Gasteiger partial charge in [-0.05, 0) is 17.7 Å². The maximum atomic E-state index is 12.9. The summed E-state index contributed by atoms with van der Waals surface area (Å²) in [6.07, 6.45) is 0.238. The zero-order valence-corrected chi connectivity index (χ0v) is 9.09. The summed E-state index contributed by atoms with van der Waals surface area (Å²) in [5.74, 6) is -0.276. The van der Waals surface area contributed by atoms with Crippen molar-refractivity contribution in [3.05, 3.63) is 35.6 Å². The van der Waals surface area contributed by atoms with Crippen LogP contribution in [0.4, 0.5) is 4.39 Å². The first-order valence-electron chi connectivity index (χ1n) is 4.93. The van der Waals surface area contributed by atoms with E-state index in [9.17, 15) is 9.18 Å². The van der Waals surface area contributed by atoms with Crippen molar-refractivity contribution in [3.8, 4) is 0 Å². The van der Waals surface area contributed by atoms with Crippen LogP contribution in [0.2, 0.25) is 0 Å². The summed E-state index contributed by atoms with van der Waals surface area (Å²) in [5.41, 5.74) is 5.66. The molecule has 0 atom stereocenters. The predicted molar refractivity (Wildman–Crippen MR) is 57.9 cm³/mol. The summed E-state index contributed by atoms with van der Waals surface area (Å²) in [6.45, 7) is 3.91. The number of Topliss-reactive ketones (excluding diaryl/α,β-unsaturated/α-hetero) is 1. The van der Waals surface area contributed by atoms with E-state index in [4.69, 9.17) is 5.73 Å². The number of carbonyl (C=O) groups is 1. The highest BCUT2D eigenvalue weighted by atomic mass is 19.1. The quantitative estimate of drug-likeness (QED) is 0.823. The number of carbonyl (C=O) groups excluding carboxylic acids is 1. The van der Waals surface area contributed by atoms with Gasteiger partial charge in [-0.15, -0.1) is 0 Å². The van der Waals surface area contributed by atoms with Gasteiger partial charge in [-0.3, -0.25) is 4.79 Å². The second-order valence-electron chi connectivity index (χ2n) is 4.32. The van der Waals surface area contributed by atoms with Crippen molar-refractivity contribution < 1.29 is 9.18 Å². The molecule has 0 heterocycles. The van der Waals surface area contributed by atoms with Gasteiger partial charge in [0.25, 0.3) is 0 Å². The average molecular weight is 209 g/mol. The zero-order valence-electron chi connectivity index (χ0n) is 9.09. The van der Waals surface area contributed by atoms with Gasteiger partial charge in [0.2, 0.25) is 0 Å². The maximum Gasteiger partial charge on any atom is 0.144 e. The van der Waals surface area contributed by atoms with Crippen molar-refractivity contribution >= 4 is 5.78 Å². The topological polar surface area (TPSA) is 43.1 Å². The van der Waals surface area contributed by atoms with Crippen LogP contribution in [0.3, 0.4) is 0 Å². The molecular formula is C12H16FNO. The molecule has 0 bridgehead atoms. The van der Waals surface area contributed by atoms with E-state index in [1.807, 2.05) is 0 Å². The van der Waals surface area contributed by atoms with Crippen LogP contribution in [-0.2, 0) is 11.2 Å². The summed E-state index contributed by atoms with van der Waals surface area (Å²) < 4.78 is 12.9. The second kappa shape index (κ2) is 4.53. The van der Waals surface area contributed by atoms with Crippen LogP contribution in [-0.4, -0.2) is 12.3 Å². The molecule has 0 amide bonds. The minimum Gasteiger partial charge on any atom is -0.329 e. The number of nitrogens with two attached hydrogens (primary N) is 1. The first kappa shape index (κ1) is 11.9. The van der Waals surface area contributed by atoms with Crippen LogP contribution < -0.4 is 5.73 Å². The van der Waals surface area contributed by atoms with Gasteiger partial charge in [-0.25, -0.2) is 4.39 Å². The van der Waals surface area contributed by atoms with Crippen molar-refractivity contribution in [1.29, 1.82) is 0 Å². The van der Waals surface area contributed by atoms with E-state index < -0.39 is 5.41 Å². The Hall–Kier alpha value is -1.22. The lowest BCUT2D eigenvalue weighted by atomic mass is 9.85. The molecule has 0 spiro atoms. The number of benzene rings is 1. The highest BCUT2D eigenvalue weighted by Gasteiger charge is 2.25. The van der Waals surface area contributed by atoms with E-state index in [-0.39, 0.29) is 18.0 Å². The Bertz CT molecular complexity index is 360. The molecule has 0 aliphatic heterocycles. The van der Waals surface area contributed by atoms with Crippen LogP contribution in [0, 0.1) is 11.2 Å². The van der Waals surface area contributed by atoms with E-state index >= 15 is 0 Å². The monoisotopic (exact) mass is 209 g/mol. The Morgan fingerprint density at radius 3 is 2.67 bits per heavy atom. The van der Waals surface area contributed by atoms with Crippen molar-refractivity contribution in [1.82, 2.24) is 0 Å². The van der Waals surface area contributed by atoms with E-state index in [0.717, 1.165) is 0 Å². The molecular weight excluding hydrogens is 193 g/mol. The van der Waals surface area contributed by atoms with Gasteiger partial charge >= 0.3 is 0 Å². The molecule has 2 nitrogen and oxygen atoms in total. The van der Waals surface area contributed by atoms with Crippen LogP contribution in [0.15, 0.2) is 24.3 Å². The summed E-state index contributed by atoms with van der Waals surface area (Å²) in [5, 5.41) is 0. The lowest BCUT2D eigenvalue weighted by Crippen LogP contribution is -2.33. The standard InChI is InChI=1S/C12H16FNO/c1-12(2,8-14)11(15)7-9-4-3-5-10(13)6-9/h3-6H,7-8,14H2,1-2H3. The molecule has 82 valence electrons. The number of hydrogen-bond donors (Lipinski definition) is 1. The number of halogens is 1. The number of ketones is 1.